The Bertz CT molecular complexity index is 247. The van der Waals surface area contributed by atoms with Gasteiger partial charge in [0.05, 0.1) is 6.10 Å². The molecular weight excluding hydrogens is 204 g/mol. The van der Waals surface area contributed by atoms with E-state index >= 15 is 0 Å². The second-order valence-electron chi connectivity index (χ2n) is 2.88. The summed E-state index contributed by atoms with van der Waals surface area (Å²) in [4.78, 5) is 20.9. The molecule has 1 atom stereocenters. The fourth-order valence-corrected chi connectivity index (χ4v) is 1.24. The van der Waals surface area contributed by atoms with Crippen molar-refractivity contribution in [2.75, 3.05) is 5.75 Å². The number of carboxylic acid groups (broad SMARTS) is 1. The van der Waals surface area contributed by atoms with Gasteiger partial charge in [-0.1, -0.05) is 17.8 Å². The lowest BCUT2D eigenvalue weighted by Gasteiger charge is -2.05. The number of carboxylic acids is 1. The molecule has 80 valence electrons. The van der Waals surface area contributed by atoms with E-state index < -0.39 is 12.1 Å². The molecule has 0 aromatic carbocycles. The molecule has 0 radical (unpaired) electrons. The summed E-state index contributed by atoms with van der Waals surface area (Å²) in [6, 6.07) is 0. The number of aliphatic hydroxyl groups is 1. The third-order valence-corrected chi connectivity index (χ3v) is 2.47. The molecule has 0 aliphatic carbocycles. The Morgan fingerprint density at radius 2 is 2.00 bits per heavy atom. The molecule has 0 aliphatic heterocycles. The van der Waals surface area contributed by atoms with Crippen LogP contribution >= 0.6 is 11.8 Å². The van der Waals surface area contributed by atoms with Gasteiger partial charge in [0.1, 0.15) is 0 Å². The van der Waals surface area contributed by atoms with Crippen LogP contribution in [0.5, 0.6) is 0 Å². The number of aliphatic carboxylic acids is 1. The summed E-state index contributed by atoms with van der Waals surface area (Å²) in [6.07, 6.45) is 1.05. The van der Waals surface area contributed by atoms with Gasteiger partial charge >= 0.3 is 5.97 Å². The van der Waals surface area contributed by atoms with Crippen LogP contribution in [0, 0.1) is 0 Å². The van der Waals surface area contributed by atoms with Crippen molar-refractivity contribution in [1.29, 1.82) is 0 Å². The third kappa shape index (κ3) is 6.68. The van der Waals surface area contributed by atoms with Gasteiger partial charge in [-0.3, -0.25) is 4.79 Å². The van der Waals surface area contributed by atoms with E-state index in [1.807, 2.05) is 0 Å². The van der Waals surface area contributed by atoms with Crippen LogP contribution < -0.4 is 0 Å². The SMILES string of the molecule is CC(=O)SCC(O)CC=C(C)C(=O)O. The zero-order valence-electron chi connectivity index (χ0n) is 8.19. The van der Waals surface area contributed by atoms with Crippen molar-refractivity contribution in [2.45, 2.75) is 26.4 Å². The van der Waals surface area contributed by atoms with Gasteiger partial charge in [-0.25, -0.2) is 4.79 Å². The molecule has 0 spiro atoms. The topological polar surface area (TPSA) is 74.6 Å². The molecule has 0 rings (SSSR count). The van der Waals surface area contributed by atoms with Gasteiger partial charge in [-0.05, 0) is 13.3 Å². The van der Waals surface area contributed by atoms with Crippen molar-refractivity contribution in [1.82, 2.24) is 0 Å². The summed E-state index contributed by atoms with van der Waals surface area (Å²) in [6.45, 7) is 2.89. The molecule has 4 nitrogen and oxygen atoms in total. The summed E-state index contributed by atoms with van der Waals surface area (Å²) in [5.41, 5.74) is 0.205. The van der Waals surface area contributed by atoms with Crippen molar-refractivity contribution in [2.24, 2.45) is 0 Å². The first kappa shape index (κ1) is 13.2. The number of carbonyl (C=O) groups is 2. The first-order valence-electron chi connectivity index (χ1n) is 4.15. The Labute approximate surface area is 87.0 Å². The lowest BCUT2D eigenvalue weighted by molar-refractivity contribution is -0.132. The number of hydrogen-bond donors (Lipinski definition) is 2. The summed E-state index contributed by atoms with van der Waals surface area (Å²) in [5.74, 6) is -0.685. The highest BCUT2D eigenvalue weighted by Crippen LogP contribution is 2.08. The predicted octanol–water partition coefficient (Wildman–Crippen LogP) is 1.05. The highest BCUT2D eigenvalue weighted by atomic mass is 32.2. The van der Waals surface area contributed by atoms with Crippen LogP contribution in [0.1, 0.15) is 20.3 Å². The quantitative estimate of drug-likeness (QED) is 0.675. The average molecular weight is 218 g/mol. The number of thioether (sulfide) groups is 1. The van der Waals surface area contributed by atoms with Crippen LogP contribution in [-0.2, 0) is 9.59 Å². The summed E-state index contributed by atoms with van der Waals surface area (Å²) >= 11 is 1.03. The molecule has 0 aromatic rings. The van der Waals surface area contributed by atoms with Crippen molar-refractivity contribution < 1.29 is 19.8 Å². The van der Waals surface area contributed by atoms with Gasteiger partial charge in [0.15, 0.2) is 5.12 Å². The Balaban J connectivity index is 3.83. The number of hydrogen-bond acceptors (Lipinski definition) is 4. The lowest BCUT2D eigenvalue weighted by Crippen LogP contribution is -2.10. The molecule has 0 aliphatic rings. The smallest absolute Gasteiger partial charge is 0.330 e. The zero-order chi connectivity index (χ0) is 11.1. The number of carbonyl (C=O) groups excluding carboxylic acids is 1. The maximum atomic E-state index is 10.5. The molecule has 0 heterocycles. The van der Waals surface area contributed by atoms with Gasteiger partial charge < -0.3 is 10.2 Å². The van der Waals surface area contributed by atoms with Gasteiger partial charge in [-0.15, -0.1) is 0 Å². The van der Waals surface area contributed by atoms with E-state index in [4.69, 9.17) is 5.11 Å². The average Bonchev–Trinajstić information content (AvgIpc) is 2.10. The molecule has 0 amide bonds. The monoisotopic (exact) mass is 218 g/mol. The molecule has 0 aromatic heterocycles. The molecule has 0 fully saturated rings. The van der Waals surface area contributed by atoms with E-state index in [1.54, 1.807) is 0 Å². The lowest BCUT2D eigenvalue weighted by atomic mass is 10.2. The van der Waals surface area contributed by atoms with E-state index in [9.17, 15) is 14.7 Å². The minimum atomic E-state index is -0.989. The highest BCUT2D eigenvalue weighted by Gasteiger charge is 2.06. The van der Waals surface area contributed by atoms with E-state index in [0.29, 0.717) is 5.75 Å². The van der Waals surface area contributed by atoms with Crippen LogP contribution in [0.2, 0.25) is 0 Å². The van der Waals surface area contributed by atoms with Crippen LogP contribution in [-0.4, -0.2) is 33.2 Å². The van der Waals surface area contributed by atoms with Gasteiger partial charge in [0.25, 0.3) is 0 Å². The molecule has 14 heavy (non-hydrogen) atoms. The second-order valence-corrected chi connectivity index (χ2v) is 4.08. The summed E-state index contributed by atoms with van der Waals surface area (Å²) in [7, 11) is 0. The first-order valence-corrected chi connectivity index (χ1v) is 5.13. The Kier molecular flexibility index (Phi) is 6.23. The maximum absolute atomic E-state index is 10.5. The second kappa shape index (κ2) is 6.62. The van der Waals surface area contributed by atoms with Crippen LogP contribution in [0.15, 0.2) is 11.6 Å². The molecule has 1 unspecified atom stereocenters. The van der Waals surface area contributed by atoms with E-state index in [0.717, 1.165) is 11.8 Å². The van der Waals surface area contributed by atoms with Crippen molar-refractivity contribution in [3.05, 3.63) is 11.6 Å². The molecule has 0 saturated carbocycles. The van der Waals surface area contributed by atoms with Crippen molar-refractivity contribution in [3.8, 4) is 0 Å². The largest absolute Gasteiger partial charge is 0.478 e. The number of rotatable bonds is 5. The van der Waals surface area contributed by atoms with Crippen LogP contribution in [0.25, 0.3) is 0 Å². The molecule has 2 N–H and O–H groups in total. The Hall–Kier alpha value is -0.810. The third-order valence-electron chi connectivity index (χ3n) is 1.51. The molecule has 0 bridgehead atoms. The minimum Gasteiger partial charge on any atom is -0.478 e. The van der Waals surface area contributed by atoms with Crippen molar-refractivity contribution >= 4 is 22.8 Å². The highest BCUT2D eigenvalue weighted by molar-refractivity contribution is 8.13. The van der Waals surface area contributed by atoms with Crippen LogP contribution in [0.4, 0.5) is 0 Å². The first-order chi connectivity index (χ1) is 6.43. The Morgan fingerprint density at radius 3 is 2.43 bits per heavy atom. The zero-order valence-corrected chi connectivity index (χ0v) is 9.00. The minimum absolute atomic E-state index is 0.0528. The normalized spacial score (nSPS) is 13.8. The fraction of sp³-hybridized carbons (Fsp3) is 0.556. The van der Waals surface area contributed by atoms with Crippen LogP contribution in [0.3, 0.4) is 0 Å². The standard InChI is InChI=1S/C9H14O4S/c1-6(9(12)13)3-4-8(11)5-14-7(2)10/h3,8,11H,4-5H2,1-2H3,(H,12,13). The van der Waals surface area contributed by atoms with Gasteiger partial charge in [0, 0.05) is 18.2 Å². The molecular formula is C9H14O4S. The maximum Gasteiger partial charge on any atom is 0.330 e. The van der Waals surface area contributed by atoms with Gasteiger partial charge in [-0.2, -0.15) is 0 Å². The van der Waals surface area contributed by atoms with Crippen molar-refractivity contribution in [3.63, 3.8) is 0 Å². The Morgan fingerprint density at radius 1 is 1.43 bits per heavy atom. The van der Waals surface area contributed by atoms with E-state index in [-0.39, 0.29) is 17.1 Å². The molecule has 5 heteroatoms. The summed E-state index contributed by atoms with van der Waals surface area (Å²) in [5, 5.41) is 17.8. The van der Waals surface area contributed by atoms with E-state index in [1.165, 1.54) is 19.9 Å². The number of aliphatic hydroxyl groups excluding tert-OH is 1. The van der Waals surface area contributed by atoms with Gasteiger partial charge in [0.2, 0.25) is 0 Å². The molecule has 0 saturated heterocycles. The van der Waals surface area contributed by atoms with E-state index in [2.05, 4.69) is 0 Å². The fourth-order valence-electron chi connectivity index (χ4n) is 0.682. The summed E-state index contributed by atoms with van der Waals surface area (Å²) < 4.78 is 0. The predicted molar refractivity (Wildman–Crippen MR) is 55.2 cm³/mol.